The largest absolute Gasteiger partial charge is 0.375 e. The van der Waals surface area contributed by atoms with Crippen LogP contribution in [0.2, 0.25) is 0 Å². The lowest BCUT2D eigenvalue weighted by Gasteiger charge is -2.15. The van der Waals surface area contributed by atoms with Gasteiger partial charge in [-0.15, -0.1) is 11.3 Å². The molecular weight excluding hydrogens is 330 g/mol. The van der Waals surface area contributed by atoms with Crippen LogP contribution >= 0.6 is 11.3 Å². The summed E-state index contributed by atoms with van der Waals surface area (Å²) in [4.78, 5) is 37.0. The van der Waals surface area contributed by atoms with Gasteiger partial charge >= 0.3 is 0 Å². The molecule has 1 aliphatic heterocycles. The number of amides is 2. The molecular formula is C16H15N3O4S. The summed E-state index contributed by atoms with van der Waals surface area (Å²) in [5, 5.41) is 16.3. The molecule has 124 valence electrons. The highest BCUT2D eigenvalue weighted by atomic mass is 32.1. The average molecular weight is 345 g/mol. The van der Waals surface area contributed by atoms with Crippen molar-refractivity contribution in [3.05, 3.63) is 50.7 Å². The number of carbonyl (C=O) groups excluding carboxylic acids is 2. The first-order valence-electron chi connectivity index (χ1n) is 7.39. The molecule has 1 atom stereocenters. The molecule has 0 radical (unpaired) electrons. The van der Waals surface area contributed by atoms with Gasteiger partial charge in [0.05, 0.1) is 10.6 Å². The number of anilines is 2. The highest BCUT2D eigenvalue weighted by Gasteiger charge is 2.37. The van der Waals surface area contributed by atoms with Gasteiger partial charge < -0.3 is 5.32 Å². The van der Waals surface area contributed by atoms with Crippen molar-refractivity contribution in [1.29, 1.82) is 0 Å². The summed E-state index contributed by atoms with van der Waals surface area (Å²) in [5.74, 6) is -1.05. The third kappa shape index (κ3) is 3.00. The molecule has 2 heterocycles. The third-order valence-corrected chi connectivity index (χ3v) is 4.72. The molecule has 0 bridgehead atoms. The van der Waals surface area contributed by atoms with Crippen LogP contribution in [0.25, 0.3) is 0 Å². The normalized spacial score (nSPS) is 17.4. The van der Waals surface area contributed by atoms with Gasteiger partial charge in [-0.3, -0.25) is 24.6 Å². The van der Waals surface area contributed by atoms with Crippen molar-refractivity contribution >= 4 is 40.2 Å². The lowest BCUT2D eigenvalue weighted by atomic mass is 10.1. The number of thiophene rings is 1. The van der Waals surface area contributed by atoms with E-state index in [2.05, 4.69) is 5.32 Å². The van der Waals surface area contributed by atoms with Crippen molar-refractivity contribution in [3.8, 4) is 0 Å². The van der Waals surface area contributed by atoms with E-state index in [0.29, 0.717) is 12.2 Å². The lowest BCUT2D eigenvalue weighted by molar-refractivity contribution is -0.383. The van der Waals surface area contributed by atoms with Crippen molar-refractivity contribution in [1.82, 2.24) is 0 Å². The summed E-state index contributed by atoms with van der Waals surface area (Å²) in [7, 11) is 0. The SMILES string of the molecule is C[C@@H]1CC(=O)N(c2ccc(NCc3cccs3)c([N+](=O)[O-])c2)C1=O. The maximum Gasteiger partial charge on any atom is 0.294 e. The summed E-state index contributed by atoms with van der Waals surface area (Å²) in [5.41, 5.74) is 0.427. The maximum atomic E-state index is 12.1. The van der Waals surface area contributed by atoms with Gasteiger partial charge in [-0.05, 0) is 23.6 Å². The molecule has 1 saturated heterocycles. The first kappa shape index (κ1) is 16.1. The number of hydrogen-bond donors (Lipinski definition) is 1. The number of carbonyl (C=O) groups is 2. The minimum atomic E-state index is -0.519. The minimum Gasteiger partial charge on any atom is -0.375 e. The number of imide groups is 1. The van der Waals surface area contributed by atoms with Crippen LogP contribution in [-0.2, 0) is 16.1 Å². The number of nitrogens with one attached hydrogen (secondary N) is 1. The number of nitro groups is 1. The first-order chi connectivity index (χ1) is 11.5. The second kappa shape index (κ2) is 6.40. The fourth-order valence-electron chi connectivity index (χ4n) is 2.61. The molecule has 1 aromatic heterocycles. The van der Waals surface area contributed by atoms with Crippen molar-refractivity contribution in [2.75, 3.05) is 10.2 Å². The van der Waals surface area contributed by atoms with Crippen molar-refractivity contribution in [2.24, 2.45) is 5.92 Å². The fourth-order valence-corrected chi connectivity index (χ4v) is 3.25. The second-order valence-electron chi connectivity index (χ2n) is 5.56. The Kier molecular flexibility index (Phi) is 4.30. The summed E-state index contributed by atoms with van der Waals surface area (Å²) in [6.07, 6.45) is 0.130. The Balaban J connectivity index is 1.88. The predicted octanol–water partition coefficient (Wildman–Crippen LogP) is 3.17. The van der Waals surface area contributed by atoms with Gasteiger partial charge in [0.25, 0.3) is 5.69 Å². The van der Waals surface area contributed by atoms with E-state index in [4.69, 9.17) is 0 Å². The highest BCUT2D eigenvalue weighted by Crippen LogP contribution is 2.33. The van der Waals surface area contributed by atoms with E-state index in [1.54, 1.807) is 24.3 Å². The van der Waals surface area contributed by atoms with Gasteiger partial charge in [0.15, 0.2) is 0 Å². The Morgan fingerprint density at radius 2 is 2.17 bits per heavy atom. The zero-order valence-electron chi connectivity index (χ0n) is 12.9. The molecule has 2 amide bonds. The van der Waals surface area contributed by atoms with Gasteiger partial charge in [-0.25, -0.2) is 0 Å². The van der Waals surface area contributed by atoms with Crippen LogP contribution in [0.5, 0.6) is 0 Å². The van der Waals surface area contributed by atoms with Crippen LogP contribution in [0.3, 0.4) is 0 Å². The average Bonchev–Trinajstić information content (AvgIpc) is 3.14. The van der Waals surface area contributed by atoms with E-state index in [1.165, 1.54) is 12.1 Å². The van der Waals surface area contributed by atoms with E-state index in [0.717, 1.165) is 9.78 Å². The van der Waals surface area contributed by atoms with E-state index < -0.39 is 10.8 Å². The van der Waals surface area contributed by atoms with Crippen molar-refractivity contribution in [2.45, 2.75) is 19.9 Å². The van der Waals surface area contributed by atoms with E-state index >= 15 is 0 Å². The van der Waals surface area contributed by atoms with Gasteiger partial charge in [-0.2, -0.15) is 0 Å². The van der Waals surface area contributed by atoms with Crippen molar-refractivity contribution < 1.29 is 14.5 Å². The van der Waals surface area contributed by atoms with Gasteiger partial charge in [0, 0.05) is 29.8 Å². The molecule has 3 rings (SSSR count). The minimum absolute atomic E-state index is 0.130. The van der Waals surface area contributed by atoms with Crippen LogP contribution in [0.1, 0.15) is 18.2 Å². The fraction of sp³-hybridized carbons (Fsp3) is 0.250. The Morgan fingerprint density at radius 3 is 2.75 bits per heavy atom. The Labute approximate surface area is 142 Å². The number of nitrogens with zero attached hydrogens (tertiary/aromatic N) is 2. The van der Waals surface area contributed by atoms with Crippen LogP contribution < -0.4 is 10.2 Å². The van der Waals surface area contributed by atoms with Crippen LogP contribution in [0.15, 0.2) is 35.7 Å². The molecule has 1 N–H and O–H groups in total. The van der Waals surface area contributed by atoms with E-state index in [-0.39, 0.29) is 29.6 Å². The van der Waals surface area contributed by atoms with Gasteiger partial charge in [0.1, 0.15) is 5.69 Å². The summed E-state index contributed by atoms with van der Waals surface area (Å²) in [6, 6.07) is 8.19. The van der Waals surface area contributed by atoms with Gasteiger partial charge in [0.2, 0.25) is 11.8 Å². The predicted molar refractivity (Wildman–Crippen MR) is 91.0 cm³/mol. The molecule has 0 saturated carbocycles. The monoisotopic (exact) mass is 345 g/mol. The summed E-state index contributed by atoms with van der Waals surface area (Å²) in [6.45, 7) is 2.14. The standard InChI is InChI=1S/C16H15N3O4S/c1-10-7-15(20)18(16(10)21)11-4-5-13(14(8-11)19(22)23)17-9-12-3-2-6-24-12/h2-6,8,10,17H,7,9H2,1H3/t10-/m1/s1. The number of benzene rings is 1. The van der Waals surface area contributed by atoms with Crippen LogP contribution in [-0.4, -0.2) is 16.7 Å². The zero-order valence-corrected chi connectivity index (χ0v) is 13.7. The van der Waals surface area contributed by atoms with E-state index in [1.807, 2.05) is 17.5 Å². The van der Waals surface area contributed by atoms with Crippen LogP contribution in [0.4, 0.5) is 17.1 Å². The molecule has 0 unspecified atom stereocenters. The highest BCUT2D eigenvalue weighted by molar-refractivity contribution is 7.09. The topological polar surface area (TPSA) is 92.6 Å². The van der Waals surface area contributed by atoms with E-state index in [9.17, 15) is 19.7 Å². The Hall–Kier alpha value is -2.74. The first-order valence-corrected chi connectivity index (χ1v) is 8.27. The third-order valence-electron chi connectivity index (χ3n) is 3.84. The molecule has 0 spiro atoms. The Morgan fingerprint density at radius 1 is 1.38 bits per heavy atom. The molecule has 1 fully saturated rings. The lowest BCUT2D eigenvalue weighted by Crippen LogP contribution is -2.30. The molecule has 7 nitrogen and oxygen atoms in total. The second-order valence-corrected chi connectivity index (χ2v) is 6.60. The molecule has 24 heavy (non-hydrogen) atoms. The van der Waals surface area contributed by atoms with Gasteiger partial charge in [-0.1, -0.05) is 13.0 Å². The molecule has 0 aliphatic carbocycles. The number of rotatable bonds is 5. The number of hydrogen-bond acceptors (Lipinski definition) is 6. The molecule has 1 aliphatic rings. The summed E-state index contributed by atoms with van der Waals surface area (Å²) >= 11 is 1.55. The molecule has 1 aromatic carbocycles. The number of nitro benzene ring substituents is 1. The van der Waals surface area contributed by atoms with Crippen molar-refractivity contribution in [3.63, 3.8) is 0 Å². The molecule has 2 aromatic rings. The summed E-state index contributed by atoms with van der Waals surface area (Å²) < 4.78 is 0. The maximum absolute atomic E-state index is 12.1. The quantitative estimate of drug-likeness (QED) is 0.510. The molecule has 8 heteroatoms. The smallest absolute Gasteiger partial charge is 0.294 e. The van der Waals surface area contributed by atoms with Crippen LogP contribution in [0, 0.1) is 16.0 Å². The zero-order chi connectivity index (χ0) is 17.3. The Bertz CT molecular complexity index is 804.